The third-order valence-electron chi connectivity index (χ3n) is 2.21. The van der Waals surface area contributed by atoms with E-state index in [0.29, 0.717) is 18.2 Å². The molecule has 0 saturated heterocycles. The minimum atomic E-state index is -1.07. The van der Waals surface area contributed by atoms with Crippen molar-refractivity contribution in [3.05, 3.63) is 27.7 Å². The van der Waals surface area contributed by atoms with Crippen molar-refractivity contribution in [1.82, 2.24) is 5.32 Å². The van der Waals surface area contributed by atoms with Crippen molar-refractivity contribution in [3.8, 4) is 0 Å². The number of carboxylic acids is 1. The number of nitrogens with one attached hydrogen (secondary N) is 2. The molecule has 2 rings (SSSR count). The number of anilines is 1. The lowest BCUT2D eigenvalue weighted by Gasteiger charge is -2.11. The maximum Gasteiger partial charge on any atom is 0.335 e. The summed E-state index contributed by atoms with van der Waals surface area (Å²) in [6.45, 7) is 1.44. The fourth-order valence-corrected chi connectivity index (χ4v) is 2.00. The van der Waals surface area contributed by atoms with Gasteiger partial charge in [0.1, 0.15) is 0 Å². The molecule has 0 spiro atoms. The molecule has 0 aliphatic carbocycles. The van der Waals surface area contributed by atoms with Crippen molar-refractivity contribution in [3.63, 3.8) is 0 Å². The predicted octanol–water partition coefficient (Wildman–Crippen LogP) is 0.413. The zero-order chi connectivity index (χ0) is 12.4. The van der Waals surface area contributed by atoms with E-state index < -0.39 is 5.97 Å². The largest absolute Gasteiger partial charge is 0.478 e. The number of rotatable bonds is 2. The molecule has 1 heterocycles. The van der Waals surface area contributed by atoms with Gasteiger partial charge in [0.2, 0.25) is 0 Å². The summed E-state index contributed by atoms with van der Waals surface area (Å²) in [4.78, 5) is 14.9. The van der Waals surface area contributed by atoms with Crippen LogP contribution in [-0.2, 0) is 0 Å². The van der Waals surface area contributed by atoms with Gasteiger partial charge in [-0.05, 0) is 12.1 Å². The van der Waals surface area contributed by atoms with Crippen molar-refractivity contribution in [2.75, 3.05) is 18.4 Å². The Hall–Kier alpha value is -1.54. The molecule has 106 valence electrons. The van der Waals surface area contributed by atoms with Gasteiger partial charge in [0.25, 0.3) is 0 Å². The fraction of sp³-hybridized carbons (Fsp3) is 0.200. The first kappa shape index (κ1) is 17.5. The second-order valence-electron chi connectivity index (χ2n) is 3.40. The number of halogens is 2. The van der Waals surface area contributed by atoms with E-state index in [1.165, 1.54) is 12.1 Å². The van der Waals surface area contributed by atoms with Crippen LogP contribution in [-0.4, -0.2) is 41.1 Å². The molecule has 0 saturated carbocycles. The van der Waals surface area contributed by atoms with Crippen LogP contribution in [0.4, 0.5) is 5.69 Å². The Balaban J connectivity index is 0.00000162. The average Bonchev–Trinajstić information content (AvgIpc) is 2.75. The third-order valence-corrected chi connectivity index (χ3v) is 2.80. The van der Waals surface area contributed by atoms with Crippen molar-refractivity contribution in [2.45, 2.75) is 0 Å². The smallest absolute Gasteiger partial charge is 0.335 e. The van der Waals surface area contributed by atoms with Crippen LogP contribution < -0.4 is 10.6 Å². The van der Waals surface area contributed by atoms with Crippen LogP contribution in [0.25, 0.3) is 0 Å². The van der Waals surface area contributed by atoms with E-state index in [9.17, 15) is 4.79 Å². The van der Waals surface area contributed by atoms with Gasteiger partial charge in [0.05, 0.1) is 27.8 Å². The molecule has 7 N–H and O–H groups in total. The van der Waals surface area contributed by atoms with E-state index >= 15 is 0 Å². The summed E-state index contributed by atoms with van der Waals surface area (Å²) in [7, 11) is 0. The molecular weight excluding hydrogens is 297 g/mol. The van der Waals surface area contributed by atoms with Gasteiger partial charge in [-0.15, -0.1) is 0 Å². The van der Waals surface area contributed by atoms with Gasteiger partial charge in [-0.25, -0.2) is 4.79 Å². The van der Waals surface area contributed by atoms with Gasteiger partial charge < -0.3 is 26.7 Å². The first-order valence-electron chi connectivity index (χ1n) is 4.85. The molecule has 7 nitrogen and oxygen atoms in total. The molecule has 1 aromatic rings. The predicted molar refractivity (Wildman–Crippen MR) is 74.6 cm³/mol. The number of hydrogen-bond donors (Lipinski definition) is 3. The second kappa shape index (κ2) is 7.15. The number of carboxylic acid groups (broad SMARTS) is 1. The Labute approximate surface area is 118 Å². The molecule has 1 aliphatic heterocycles. The van der Waals surface area contributed by atoms with Crippen molar-refractivity contribution < 1.29 is 20.9 Å². The summed E-state index contributed by atoms with van der Waals surface area (Å²) in [5.74, 6) is -0.492. The lowest BCUT2D eigenvalue weighted by Crippen LogP contribution is -2.26. The highest BCUT2D eigenvalue weighted by Gasteiger charge is 2.14. The minimum Gasteiger partial charge on any atom is -0.478 e. The van der Waals surface area contributed by atoms with Crippen LogP contribution >= 0.6 is 23.2 Å². The van der Waals surface area contributed by atoms with Gasteiger partial charge in [0, 0.05) is 6.54 Å². The Morgan fingerprint density at radius 2 is 1.89 bits per heavy atom. The molecule has 0 fully saturated rings. The summed E-state index contributed by atoms with van der Waals surface area (Å²) in [6, 6.07) is 2.68. The van der Waals surface area contributed by atoms with Crippen LogP contribution in [0.15, 0.2) is 17.1 Å². The topological polar surface area (TPSA) is 137 Å². The highest BCUT2D eigenvalue weighted by Crippen LogP contribution is 2.31. The Morgan fingerprint density at radius 1 is 1.32 bits per heavy atom. The fourth-order valence-electron chi connectivity index (χ4n) is 1.42. The van der Waals surface area contributed by atoms with E-state index in [2.05, 4.69) is 15.6 Å². The monoisotopic (exact) mass is 309 g/mol. The highest BCUT2D eigenvalue weighted by molar-refractivity contribution is 6.40. The molecule has 0 unspecified atom stereocenters. The summed E-state index contributed by atoms with van der Waals surface area (Å²) in [6.07, 6.45) is 0. The van der Waals surface area contributed by atoms with E-state index in [1.807, 2.05) is 0 Å². The van der Waals surface area contributed by atoms with Crippen LogP contribution in [0.2, 0.25) is 10.0 Å². The first-order valence-corrected chi connectivity index (χ1v) is 5.61. The van der Waals surface area contributed by atoms with Crippen LogP contribution in [0.3, 0.4) is 0 Å². The number of carbonyl (C=O) groups is 1. The number of aliphatic imine (C=N–C) groups is 1. The zero-order valence-electron chi connectivity index (χ0n) is 9.63. The SMILES string of the molecule is O.O.O=C(O)c1cc(Cl)c(NC2=NCCN2)c(Cl)c1. The number of aromatic carboxylic acids is 1. The average molecular weight is 310 g/mol. The van der Waals surface area contributed by atoms with Gasteiger partial charge in [-0.2, -0.15) is 0 Å². The maximum atomic E-state index is 10.8. The Bertz CT molecular complexity index is 485. The van der Waals surface area contributed by atoms with Gasteiger partial charge in [-0.1, -0.05) is 23.2 Å². The molecule has 0 aromatic heterocycles. The van der Waals surface area contributed by atoms with Crippen molar-refractivity contribution in [2.24, 2.45) is 4.99 Å². The molecule has 1 aliphatic rings. The van der Waals surface area contributed by atoms with E-state index in [4.69, 9.17) is 28.3 Å². The van der Waals surface area contributed by atoms with Crippen LogP contribution in [0, 0.1) is 0 Å². The number of guanidine groups is 1. The van der Waals surface area contributed by atoms with Crippen LogP contribution in [0.1, 0.15) is 10.4 Å². The van der Waals surface area contributed by atoms with Gasteiger partial charge in [0.15, 0.2) is 5.96 Å². The maximum absolute atomic E-state index is 10.8. The molecule has 1 aromatic carbocycles. The Morgan fingerprint density at radius 3 is 2.32 bits per heavy atom. The summed E-state index contributed by atoms with van der Waals surface area (Å²) in [5.41, 5.74) is 0.498. The molecule has 0 amide bonds. The number of benzene rings is 1. The summed E-state index contributed by atoms with van der Waals surface area (Å²) >= 11 is 11.9. The molecular formula is C10H13Cl2N3O4. The summed E-state index contributed by atoms with van der Waals surface area (Å²) in [5, 5.41) is 15.2. The van der Waals surface area contributed by atoms with Gasteiger partial charge in [-0.3, -0.25) is 4.99 Å². The molecule has 19 heavy (non-hydrogen) atoms. The van der Waals surface area contributed by atoms with E-state index in [-0.39, 0.29) is 26.6 Å². The standard InChI is InChI=1S/C10H9Cl2N3O2.2H2O/c11-6-3-5(9(16)17)4-7(12)8(6)15-10-13-1-2-14-10;;/h3-4H,1-2H2,(H,16,17)(H2,13,14,15);2*1H2. The molecule has 0 radical (unpaired) electrons. The highest BCUT2D eigenvalue weighted by atomic mass is 35.5. The quantitative estimate of drug-likeness (QED) is 0.728. The number of hydrogen-bond acceptors (Lipinski definition) is 4. The molecule has 0 bridgehead atoms. The Kier molecular flexibility index (Phi) is 6.57. The van der Waals surface area contributed by atoms with E-state index in [1.54, 1.807) is 0 Å². The van der Waals surface area contributed by atoms with Crippen molar-refractivity contribution in [1.29, 1.82) is 0 Å². The first-order chi connectivity index (χ1) is 8.08. The molecule has 0 atom stereocenters. The lowest BCUT2D eigenvalue weighted by atomic mass is 10.2. The lowest BCUT2D eigenvalue weighted by molar-refractivity contribution is 0.0697. The normalized spacial score (nSPS) is 12.6. The van der Waals surface area contributed by atoms with Crippen LogP contribution in [0.5, 0.6) is 0 Å². The van der Waals surface area contributed by atoms with E-state index in [0.717, 1.165) is 6.54 Å². The van der Waals surface area contributed by atoms with Crippen molar-refractivity contribution >= 4 is 40.8 Å². The zero-order valence-corrected chi connectivity index (χ0v) is 11.1. The second-order valence-corrected chi connectivity index (χ2v) is 4.22. The minimum absolute atomic E-state index is 0. The third kappa shape index (κ3) is 3.97. The number of nitrogens with zero attached hydrogens (tertiary/aromatic N) is 1. The summed E-state index contributed by atoms with van der Waals surface area (Å²) < 4.78 is 0. The molecule has 9 heteroatoms. The van der Waals surface area contributed by atoms with Gasteiger partial charge >= 0.3 is 5.97 Å².